The minimum atomic E-state index is -0.826. The number of hydrogen-bond donors (Lipinski definition) is 2. The average molecular weight is 351 g/mol. The van der Waals surface area contributed by atoms with Gasteiger partial charge in [-0.3, -0.25) is 14.8 Å². The van der Waals surface area contributed by atoms with Gasteiger partial charge >= 0.3 is 0 Å². The highest BCUT2D eigenvalue weighted by atomic mass is 19.2. The Bertz CT molecular complexity index is 613. The average Bonchev–Trinajstić information content (AvgIpc) is 2.63. The van der Waals surface area contributed by atoms with Crippen LogP contribution in [-0.4, -0.2) is 67.6 Å². The topological polar surface area (TPSA) is 42.9 Å². The van der Waals surface area contributed by atoms with Crippen LogP contribution in [0, 0.1) is 11.6 Å². The van der Waals surface area contributed by atoms with Crippen LogP contribution in [0.5, 0.6) is 0 Å². The van der Waals surface area contributed by atoms with Gasteiger partial charge in [-0.2, -0.15) is 0 Å². The third-order valence-electron chi connectivity index (χ3n) is 4.99. The molecule has 0 aromatic heterocycles. The van der Waals surface area contributed by atoms with E-state index in [2.05, 4.69) is 20.4 Å². The van der Waals surface area contributed by atoms with E-state index in [0.717, 1.165) is 51.9 Å². The van der Waals surface area contributed by atoms with E-state index in [1.165, 1.54) is 6.07 Å². The summed E-state index contributed by atoms with van der Waals surface area (Å²) in [7, 11) is 0. The second-order valence-corrected chi connectivity index (χ2v) is 6.75. The van der Waals surface area contributed by atoms with E-state index < -0.39 is 11.6 Å². The maximum Gasteiger partial charge on any atom is 0.191 e. The monoisotopic (exact) mass is 351 g/mol. The van der Waals surface area contributed by atoms with E-state index in [1.807, 2.05) is 13.8 Å². The fraction of sp³-hybridized carbons (Fsp3) is 0.611. The van der Waals surface area contributed by atoms with Crippen molar-refractivity contribution < 1.29 is 8.78 Å². The Morgan fingerprint density at radius 2 is 2.00 bits per heavy atom. The van der Waals surface area contributed by atoms with E-state index >= 15 is 0 Å². The molecule has 4 rings (SSSR count). The number of rotatable bonds is 5. The normalized spacial score (nSPS) is 27.2. The molecular formula is C18H27F2N5. The van der Waals surface area contributed by atoms with Gasteiger partial charge in [-0.25, -0.2) is 8.78 Å². The summed E-state index contributed by atoms with van der Waals surface area (Å²) in [6.07, 6.45) is 0. The van der Waals surface area contributed by atoms with Crippen LogP contribution < -0.4 is 10.6 Å². The van der Waals surface area contributed by atoms with Gasteiger partial charge in [0.05, 0.1) is 12.6 Å². The van der Waals surface area contributed by atoms with Crippen LogP contribution >= 0.6 is 0 Å². The summed E-state index contributed by atoms with van der Waals surface area (Å²) in [5, 5.41) is 6.51. The highest BCUT2D eigenvalue weighted by molar-refractivity contribution is 5.80. The molecule has 5 nitrogen and oxygen atoms in total. The Morgan fingerprint density at radius 1 is 1.24 bits per heavy atom. The second kappa shape index (κ2) is 8.10. The summed E-state index contributed by atoms with van der Waals surface area (Å²) in [6.45, 7) is 11.0. The molecule has 0 aliphatic carbocycles. The SMILES string of the molecule is CCNC(=NCC1CN2CCN1CC2)NC(C)c1ccc(F)c(F)c1. The van der Waals surface area contributed by atoms with Gasteiger partial charge in [0.15, 0.2) is 17.6 Å². The summed E-state index contributed by atoms with van der Waals surface area (Å²) in [6, 6.07) is 4.28. The van der Waals surface area contributed by atoms with Crippen molar-refractivity contribution in [1.82, 2.24) is 20.4 Å². The zero-order valence-corrected chi connectivity index (χ0v) is 14.9. The number of aliphatic imine (C=N–C) groups is 1. The predicted molar refractivity (Wildman–Crippen MR) is 95.7 cm³/mol. The summed E-state index contributed by atoms with van der Waals surface area (Å²) in [5.74, 6) is -0.946. The summed E-state index contributed by atoms with van der Waals surface area (Å²) < 4.78 is 26.5. The predicted octanol–water partition coefficient (Wildman–Crippen LogP) is 1.58. The van der Waals surface area contributed by atoms with Crippen molar-refractivity contribution in [3.63, 3.8) is 0 Å². The van der Waals surface area contributed by atoms with Crippen LogP contribution in [0.4, 0.5) is 8.78 Å². The molecule has 3 aliphatic rings. The van der Waals surface area contributed by atoms with Crippen molar-refractivity contribution in [2.45, 2.75) is 25.9 Å². The molecule has 2 bridgehead atoms. The molecule has 3 saturated heterocycles. The smallest absolute Gasteiger partial charge is 0.191 e. The van der Waals surface area contributed by atoms with E-state index in [0.29, 0.717) is 17.6 Å². The number of fused-ring (bicyclic) bond motifs is 3. The number of piperazine rings is 3. The molecule has 0 amide bonds. The number of guanidine groups is 1. The quantitative estimate of drug-likeness (QED) is 0.624. The molecule has 2 unspecified atom stereocenters. The fourth-order valence-corrected chi connectivity index (χ4v) is 3.48. The maximum absolute atomic E-state index is 13.4. The molecule has 1 aromatic carbocycles. The van der Waals surface area contributed by atoms with Crippen LogP contribution in [-0.2, 0) is 0 Å². The van der Waals surface area contributed by atoms with Gasteiger partial charge in [-0.05, 0) is 31.5 Å². The molecule has 2 atom stereocenters. The van der Waals surface area contributed by atoms with E-state index in [1.54, 1.807) is 6.07 Å². The Balaban J connectivity index is 1.62. The first-order valence-electron chi connectivity index (χ1n) is 9.03. The number of halogens is 2. The lowest BCUT2D eigenvalue weighted by atomic mass is 10.1. The standard InChI is InChI=1S/C18H27F2N5/c1-3-21-18(22-11-15-12-24-6-8-25(15)9-7-24)23-13(2)14-4-5-16(19)17(20)10-14/h4-5,10,13,15H,3,6-9,11-12H2,1-2H3,(H2,21,22,23). The van der Waals surface area contributed by atoms with E-state index in [4.69, 9.17) is 4.99 Å². The molecule has 0 saturated carbocycles. The highest BCUT2D eigenvalue weighted by Gasteiger charge is 2.31. The Kier molecular flexibility index (Phi) is 5.86. The zero-order valence-electron chi connectivity index (χ0n) is 14.9. The van der Waals surface area contributed by atoms with Crippen molar-refractivity contribution in [3.8, 4) is 0 Å². The highest BCUT2D eigenvalue weighted by Crippen LogP contribution is 2.17. The number of nitrogens with zero attached hydrogens (tertiary/aromatic N) is 3. The Hall–Kier alpha value is -1.73. The van der Waals surface area contributed by atoms with Gasteiger partial charge in [0, 0.05) is 45.3 Å². The zero-order chi connectivity index (χ0) is 17.8. The summed E-state index contributed by atoms with van der Waals surface area (Å²) in [5.41, 5.74) is 0.691. The first-order chi connectivity index (χ1) is 12.1. The minimum Gasteiger partial charge on any atom is -0.357 e. The largest absolute Gasteiger partial charge is 0.357 e. The van der Waals surface area contributed by atoms with Crippen molar-refractivity contribution in [2.24, 2.45) is 4.99 Å². The maximum atomic E-state index is 13.4. The molecule has 25 heavy (non-hydrogen) atoms. The summed E-state index contributed by atoms with van der Waals surface area (Å²) >= 11 is 0. The van der Waals surface area contributed by atoms with Crippen LogP contribution in [0.25, 0.3) is 0 Å². The molecule has 3 fully saturated rings. The lowest BCUT2D eigenvalue weighted by Gasteiger charge is -2.47. The van der Waals surface area contributed by atoms with Crippen molar-refractivity contribution in [1.29, 1.82) is 0 Å². The molecule has 1 aromatic rings. The van der Waals surface area contributed by atoms with Crippen LogP contribution in [0.1, 0.15) is 25.5 Å². The van der Waals surface area contributed by atoms with Gasteiger partial charge in [0.2, 0.25) is 0 Å². The molecule has 0 radical (unpaired) electrons. The number of nitrogens with one attached hydrogen (secondary N) is 2. The minimum absolute atomic E-state index is 0.167. The van der Waals surface area contributed by atoms with Crippen molar-refractivity contribution >= 4 is 5.96 Å². The molecular weight excluding hydrogens is 324 g/mol. The van der Waals surface area contributed by atoms with Gasteiger partial charge in [0.25, 0.3) is 0 Å². The van der Waals surface area contributed by atoms with Crippen LogP contribution in [0.3, 0.4) is 0 Å². The molecule has 7 heteroatoms. The molecule has 2 N–H and O–H groups in total. The molecule has 138 valence electrons. The van der Waals surface area contributed by atoms with E-state index in [9.17, 15) is 8.78 Å². The van der Waals surface area contributed by atoms with Crippen LogP contribution in [0.2, 0.25) is 0 Å². The van der Waals surface area contributed by atoms with Crippen molar-refractivity contribution in [2.75, 3.05) is 45.8 Å². The summed E-state index contributed by atoms with van der Waals surface area (Å²) in [4.78, 5) is 9.72. The van der Waals surface area contributed by atoms with Gasteiger partial charge < -0.3 is 10.6 Å². The fourth-order valence-electron chi connectivity index (χ4n) is 3.48. The Morgan fingerprint density at radius 3 is 2.60 bits per heavy atom. The molecule has 0 spiro atoms. The molecule has 3 aliphatic heterocycles. The number of hydrogen-bond acceptors (Lipinski definition) is 3. The third-order valence-corrected chi connectivity index (χ3v) is 4.99. The molecule has 3 heterocycles. The van der Waals surface area contributed by atoms with Crippen molar-refractivity contribution in [3.05, 3.63) is 35.4 Å². The van der Waals surface area contributed by atoms with E-state index in [-0.39, 0.29) is 6.04 Å². The lowest BCUT2D eigenvalue weighted by Crippen LogP contribution is -2.62. The Labute approximate surface area is 148 Å². The number of benzene rings is 1. The van der Waals surface area contributed by atoms with Crippen LogP contribution in [0.15, 0.2) is 23.2 Å². The first-order valence-corrected chi connectivity index (χ1v) is 9.03. The second-order valence-electron chi connectivity index (χ2n) is 6.75. The van der Waals surface area contributed by atoms with Gasteiger partial charge in [-0.15, -0.1) is 0 Å². The first kappa shape index (κ1) is 18.1. The third kappa shape index (κ3) is 4.46. The van der Waals surface area contributed by atoms with Gasteiger partial charge in [-0.1, -0.05) is 6.07 Å². The lowest BCUT2D eigenvalue weighted by molar-refractivity contribution is 0.0174. The van der Waals surface area contributed by atoms with Gasteiger partial charge in [0.1, 0.15) is 0 Å².